The fourth-order valence-electron chi connectivity index (χ4n) is 3.71. The summed E-state index contributed by atoms with van der Waals surface area (Å²) in [6.07, 6.45) is 3.15. The molecule has 1 aliphatic rings. The van der Waals surface area contributed by atoms with Crippen LogP contribution in [0.15, 0.2) is 53.1 Å². The predicted octanol–water partition coefficient (Wildman–Crippen LogP) is 4.68. The van der Waals surface area contributed by atoms with E-state index in [0.717, 1.165) is 36.3 Å². The van der Waals surface area contributed by atoms with Crippen molar-refractivity contribution in [3.8, 4) is 5.75 Å². The van der Waals surface area contributed by atoms with Gasteiger partial charge in [0, 0.05) is 5.56 Å². The summed E-state index contributed by atoms with van der Waals surface area (Å²) in [5.74, 6) is 1.42. The van der Waals surface area contributed by atoms with Gasteiger partial charge in [-0.25, -0.2) is 0 Å². The summed E-state index contributed by atoms with van der Waals surface area (Å²) in [5.41, 5.74) is 5.00. The standard InChI is InChI=1S/C23H24N2O3/c1-15-21(16(2)28-25-15)14-27-19-12-10-18(11-13-19)23(26)24-22-9-5-7-17-6-3-4-8-20(17)22/h3-4,6,8,10-13,22H,5,7,9,14H2,1-2H3,(H,24,26). The van der Waals surface area contributed by atoms with Crippen molar-refractivity contribution in [1.82, 2.24) is 10.5 Å². The minimum atomic E-state index is -0.0565. The van der Waals surface area contributed by atoms with Gasteiger partial charge in [-0.05, 0) is 68.5 Å². The number of carbonyl (C=O) groups is 1. The molecule has 5 nitrogen and oxygen atoms in total. The molecule has 4 rings (SSSR count). The van der Waals surface area contributed by atoms with Crippen LogP contribution in [0, 0.1) is 13.8 Å². The zero-order valence-corrected chi connectivity index (χ0v) is 16.2. The van der Waals surface area contributed by atoms with Gasteiger partial charge in [-0.2, -0.15) is 0 Å². The summed E-state index contributed by atoms with van der Waals surface area (Å²) >= 11 is 0. The molecule has 0 aliphatic heterocycles. The predicted molar refractivity (Wildman–Crippen MR) is 106 cm³/mol. The van der Waals surface area contributed by atoms with Gasteiger partial charge in [-0.15, -0.1) is 0 Å². The second-order valence-corrected chi connectivity index (χ2v) is 7.23. The first-order chi connectivity index (χ1) is 13.6. The molecular weight excluding hydrogens is 352 g/mol. The molecular formula is C23H24N2O3. The van der Waals surface area contributed by atoms with Gasteiger partial charge in [0.25, 0.3) is 5.91 Å². The minimum Gasteiger partial charge on any atom is -0.489 e. The molecule has 1 atom stereocenters. The van der Waals surface area contributed by atoms with E-state index < -0.39 is 0 Å². The highest BCUT2D eigenvalue weighted by molar-refractivity contribution is 5.94. The molecule has 0 saturated heterocycles. The molecule has 0 saturated carbocycles. The molecule has 0 spiro atoms. The lowest BCUT2D eigenvalue weighted by Gasteiger charge is -2.26. The molecule has 1 heterocycles. The molecule has 2 aromatic carbocycles. The van der Waals surface area contributed by atoms with Crippen molar-refractivity contribution in [1.29, 1.82) is 0 Å². The molecule has 0 bridgehead atoms. The lowest BCUT2D eigenvalue weighted by atomic mass is 9.87. The third kappa shape index (κ3) is 3.79. The molecule has 1 aliphatic carbocycles. The normalized spacial score (nSPS) is 15.7. The minimum absolute atomic E-state index is 0.0565. The number of aryl methyl sites for hydroxylation is 3. The zero-order chi connectivity index (χ0) is 19.5. The summed E-state index contributed by atoms with van der Waals surface area (Å²) in [5, 5.41) is 7.11. The number of nitrogens with one attached hydrogen (secondary N) is 1. The SMILES string of the molecule is Cc1noc(C)c1COc1ccc(C(=O)NC2CCCc3ccccc32)cc1. The Hall–Kier alpha value is -3.08. The number of rotatable bonds is 5. The quantitative estimate of drug-likeness (QED) is 0.702. The fourth-order valence-corrected chi connectivity index (χ4v) is 3.71. The van der Waals surface area contributed by atoms with E-state index in [-0.39, 0.29) is 11.9 Å². The topological polar surface area (TPSA) is 64.4 Å². The number of ether oxygens (including phenoxy) is 1. The van der Waals surface area contributed by atoms with E-state index in [2.05, 4.69) is 28.7 Å². The van der Waals surface area contributed by atoms with E-state index in [1.165, 1.54) is 11.1 Å². The lowest BCUT2D eigenvalue weighted by molar-refractivity contribution is 0.0932. The van der Waals surface area contributed by atoms with Gasteiger partial charge in [-0.1, -0.05) is 29.4 Å². The number of hydrogen-bond acceptors (Lipinski definition) is 4. The lowest BCUT2D eigenvalue weighted by Crippen LogP contribution is -2.30. The van der Waals surface area contributed by atoms with Gasteiger partial charge in [0.05, 0.1) is 17.3 Å². The Kier molecular flexibility index (Phi) is 5.15. The van der Waals surface area contributed by atoms with Crippen LogP contribution < -0.4 is 10.1 Å². The van der Waals surface area contributed by atoms with Crippen molar-refractivity contribution < 1.29 is 14.1 Å². The number of aromatic nitrogens is 1. The molecule has 1 aromatic heterocycles. The number of benzene rings is 2. The second-order valence-electron chi connectivity index (χ2n) is 7.23. The molecule has 0 radical (unpaired) electrons. The Morgan fingerprint density at radius 2 is 1.96 bits per heavy atom. The van der Waals surface area contributed by atoms with Crippen LogP contribution in [0.25, 0.3) is 0 Å². The highest BCUT2D eigenvalue weighted by Crippen LogP contribution is 2.29. The van der Waals surface area contributed by atoms with Crippen molar-refractivity contribution in [2.45, 2.75) is 45.8 Å². The van der Waals surface area contributed by atoms with Gasteiger partial charge in [0.15, 0.2) is 0 Å². The van der Waals surface area contributed by atoms with Crippen LogP contribution in [-0.4, -0.2) is 11.1 Å². The van der Waals surface area contributed by atoms with Crippen LogP contribution >= 0.6 is 0 Å². The van der Waals surface area contributed by atoms with Gasteiger partial charge in [-0.3, -0.25) is 4.79 Å². The fraction of sp³-hybridized carbons (Fsp3) is 0.304. The molecule has 1 unspecified atom stereocenters. The largest absolute Gasteiger partial charge is 0.489 e. The molecule has 5 heteroatoms. The Labute approximate surface area is 164 Å². The molecule has 3 aromatic rings. The maximum Gasteiger partial charge on any atom is 0.251 e. The van der Waals surface area contributed by atoms with Crippen LogP contribution in [0.2, 0.25) is 0 Å². The number of amides is 1. The van der Waals surface area contributed by atoms with E-state index >= 15 is 0 Å². The van der Waals surface area contributed by atoms with Crippen molar-refractivity contribution in [2.24, 2.45) is 0 Å². The first kappa shape index (κ1) is 18.3. The third-order valence-corrected chi connectivity index (χ3v) is 5.36. The summed E-state index contributed by atoms with van der Waals surface area (Å²) in [6.45, 7) is 4.16. The van der Waals surface area contributed by atoms with Gasteiger partial charge < -0.3 is 14.6 Å². The summed E-state index contributed by atoms with van der Waals surface area (Å²) < 4.78 is 11.0. The summed E-state index contributed by atoms with van der Waals surface area (Å²) in [6, 6.07) is 15.7. The maximum absolute atomic E-state index is 12.7. The smallest absolute Gasteiger partial charge is 0.251 e. The first-order valence-corrected chi connectivity index (χ1v) is 9.65. The average Bonchev–Trinajstić information content (AvgIpc) is 3.04. The Morgan fingerprint density at radius 1 is 1.18 bits per heavy atom. The van der Waals surface area contributed by atoms with E-state index in [1.54, 1.807) is 12.1 Å². The van der Waals surface area contributed by atoms with Crippen molar-refractivity contribution in [3.05, 3.63) is 82.2 Å². The molecule has 0 fully saturated rings. The van der Waals surface area contributed by atoms with Crippen molar-refractivity contribution in [2.75, 3.05) is 0 Å². The number of carbonyl (C=O) groups excluding carboxylic acids is 1. The van der Waals surface area contributed by atoms with E-state index in [1.807, 2.05) is 32.0 Å². The Morgan fingerprint density at radius 3 is 2.71 bits per heavy atom. The third-order valence-electron chi connectivity index (χ3n) is 5.36. The Balaban J connectivity index is 1.39. The highest BCUT2D eigenvalue weighted by atomic mass is 16.5. The number of hydrogen-bond donors (Lipinski definition) is 1. The molecule has 1 N–H and O–H groups in total. The maximum atomic E-state index is 12.7. The van der Waals surface area contributed by atoms with E-state index in [9.17, 15) is 4.79 Å². The van der Waals surface area contributed by atoms with Crippen LogP contribution in [0.5, 0.6) is 5.75 Å². The van der Waals surface area contributed by atoms with E-state index in [4.69, 9.17) is 9.26 Å². The van der Waals surface area contributed by atoms with Crippen LogP contribution in [-0.2, 0) is 13.0 Å². The average molecular weight is 376 g/mol. The van der Waals surface area contributed by atoms with Crippen LogP contribution in [0.3, 0.4) is 0 Å². The van der Waals surface area contributed by atoms with Gasteiger partial charge in [0.1, 0.15) is 18.1 Å². The van der Waals surface area contributed by atoms with Crippen LogP contribution in [0.4, 0.5) is 0 Å². The summed E-state index contributed by atoms with van der Waals surface area (Å²) in [4.78, 5) is 12.7. The van der Waals surface area contributed by atoms with Crippen LogP contribution in [0.1, 0.15) is 57.4 Å². The van der Waals surface area contributed by atoms with Crippen molar-refractivity contribution >= 4 is 5.91 Å². The monoisotopic (exact) mass is 376 g/mol. The first-order valence-electron chi connectivity index (χ1n) is 9.65. The second kappa shape index (κ2) is 7.89. The Bertz CT molecular complexity index is 956. The molecule has 144 valence electrons. The van der Waals surface area contributed by atoms with E-state index in [0.29, 0.717) is 17.9 Å². The van der Waals surface area contributed by atoms with Gasteiger partial charge in [0.2, 0.25) is 0 Å². The molecule has 28 heavy (non-hydrogen) atoms. The summed E-state index contributed by atoms with van der Waals surface area (Å²) in [7, 11) is 0. The number of fused-ring (bicyclic) bond motifs is 1. The number of nitrogens with zero attached hydrogens (tertiary/aromatic N) is 1. The zero-order valence-electron chi connectivity index (χ0n) is 16.2. The van der Waals surface area contributed by atoms with Gasteiger partial charge >= 0.3 is 0 Å². The van der Waals surface area contributed by atoms with Crippen molar-refractivity contribution in [3.63, 3.8) is 0 Å². The highest BCUT2D eigenvalue weighted by Gasteiger charge is 2.21. The molecule has 1 amide bonds.